The van der Waals surface area contributed by atoms with Gasteiger partial charge in [-0.2, -0.15) is 0 Å². The van der Waals surface area contributed by atoms with E-state index < -0.39 is 10.0 Å². The van der Waals surface area contributed by atoms with Crippen LogP contribution < -0.4 is 5.14 Å². The monoisotopic (exact) mass is 246 g/mol. The zero-order valence-electron chi connectivity index (χ0n) is 8.96. The molecule has 1 saturated heterocycles. The fraction of sp³-hybridized carbons (Fsp3) is 0.750. The van der Waals surface area contributed by atoms with E-state index >= 15 is 0 Å². The van der Waals surface area contributed by atoms with E-state index in [4.69, 9.17) is 9.88 Å². The van der Waals surface area contributed by atoms with Gasteiger partial charge in [-0.25, -0.2) is 13.6 Å². The first-order valence-electron chi connectivity index (χ1n) is 5.00. The number of aromatic nitrogens is 3. The summed E-state index contributed by atoms with van der Waals surface area (Å²) in [5.41, 5.74) is 0. The van der Waals surface area contributed by atoms with Crippen molar-refractivity contribution < 1.29 is 13.2 Å². The second-order valence-corrected chi connectivity index (χ2v) is 5.31. The third-order valence-electron chi connectivity index (χ3n) is 2.65. The quantitative estimate of drug-likeness (QED) is 0.747. The molecule has 0 aliphatic carbocycles. The number of rotatable bonds is 2. The van der Waals surface area contributed by atoms with Crippen LogP contribution in [0.4, 0.5) is 0 Å². The van der Waals surface area contributed by atoms with E-state index in [1.165, 1.54) is 4.57 Å². The van der Waals surface area contributed by atoms with Crippen molar-refractivity contribution in [3.63, 3.8) is 0 Å². The molecule has 1 aromatic heterocycles. The number of hydrogen-bond acceptors (Lipinski definition) is 5. The molecule has 1 aromatic rings. The summed E-state index contributed by atoms with van der Waals surface area (Å²) in [4.78, 5) is 0. The van der Waals surface area contributed by atoms with E-state index in [0.717, 1.165) is 19.4 Å². The van der Waals surface area contributed by atoms with Crippen LogP contribution in [-0.4, -0.2) is 36.4 Å². The van der Waals surface area contributed by atoms with Gasteiger partial charge in [0.05, 0.1) is 6.61 Å². The molecule has 8 heteroatoms. The Morgan fingerprint density at radius 3 is 2.75 bits per heavy atom. The van der Waals surface area contributed by atoms with E-state index in [-0.39, 0.29) is 11.1 Å². The lowest BCUT2D eigenvalue weighted by Crippen LogP contribution is -2.21. The van der Waals surface area contributed by atoms with Crippen LogP contribution in [0.5, 0.6) is 0 Å². The molecule has 0 amide bonds. The van der Waals surface area contributed by atoms with Gasteiger partial charge in [-0.15, -0.1) is 10.2 Å². The van der Waals surface area contributed by atoms with Crippen LogP contribution in [-0.2, 0) is 21.8 Å². The molecule has 0 bridgehead atoms. The number of primary sulfonamides is 1. The lowest BCUT2D eigenvalue weighted by atomic mass is 10.0. The molecule has 0 saturated carbocycles. The van der Waals surface area contributed by atoms with E-state index in [2.05, 4.69) is 10.2 Å². The molecule has 7 nitrogen and oxygen atoms in total. The van der Waals surface area contributed by atoms with Crippen LogP contribution in [0.3, 0.4) is 0 Å². The first kappa shape index (κ1) is 11.5. The van der Waals surface area contributed by atoms with Crippen LogP contribution in [0, 0.1) is 0 Å². The second-order valence-electron chi connectivity index (χ2n) is 3.86. The summed E-state index contributed by atoms with van der Waals surface area (Å²) in [6.45, 7) is 1.30. The summed E-state index contributed by atoms with van der Waals surface area (Å²) in [6, 6.07) is 0. The molecular weight excluding hydrogens is 232 g/mol. The predicted molar refractivity (Wildman–Crippen MR) is 55.2 cm³/mol. The van der Waals surface area contributed by atoms with Crippen molar-refractivity contribution in [3.8, 4) is 0 Å². The van der Waals surface area contributed by atoms with Crippen molar-refractivity contribution in [2.45, 2.75) is 23.9 Å². The molecule has 90 valence electrons. The minimum Gasteiger partial charge on any atom is -0.381 e. The average molecular weight is 246 g/mol. The molecule has 2 heterocycles. The molecule has 16 heavy (non-hydrogen) atoms. The van der Waals surface area contributed by atoms with E-state index in [1.54, 1.807) is 7.05 Å². The third-order valence-corrected chi connectivity index (χ3v) is 3.51. The standard InChI is InChI=1S/C8H14N4O3S/c1-12-7(6-3-2-4-15-5-6)10-11-8(12)16(9,13)14/h6H,2-5H2,1H3,(H2,9,13,14). The Kier molecular flexibility index (Phi) is 2.96. The summed E-state index contributed by atoms with van der Waals surface area (Å²) < 4.78 is 29.1. The van der Waals surface area contributed by atoms with Gasteiger partial charge in [-0.05, 0) is 12.8 Å². The van der Waals surface area contributed by atoms with Gasteiger partial charge in [0.25, 0.3) is 15.2 Å². The second kappa shape index (κ2) is 4.11. The maximum atomic E-state index is 11.2. The molecule has 0 radical (unpaired) electrons. The maximum Gasteiger partial charge on any atom is 0.273 e. The number of hydrogen-bond donors (Lipinski definition) is 1. The van der Waals surface area contributed by atoms with Gasteiger partial charge in [0.15, 0.2) is 0 Å². The minimum absolute atomic E-state index is 0.0988. The fourth-order valence-electron chi connectivity index (χ4n) is 1.87. The molecule has 0 spiro atoms. The van der Waals surface area contributed by atoms with Gasteiger partial charge in [-0.3, -0.25) is 0 Å². The Morgan fingerprint density at radius 1 is 1.50 bits per heavy atom. The zero-order valence-corrected chi connectivity index (χ0v) is 9.77. The molecule has 1 aliphatic rings. The lowest BCUT2D eigenvalue weighted by Gasteiger charge is -2.20. The maximum absolute atomic E-state index is 11.2. The normalized spacial score (nSPS) is 22.2. The highest BCUT2D eigenvalue weighted by molar-refractivity contribution is 7.89. The average Bonchev–Trinajstić information content (AvgIpc) is 2.61. The zero-order chi connectivity index (χ0) is 11.8. The van der Waals surface area contributed by atoms with Crippen molar-refractivity contribution >= 4 is 10.0 Å². The summed E-state index contributed by atoms with van der Waals surface area (Å²) in [5.74, 6) is 0.713. The van der Waals surface area contributed by atoms with Gasteiger partial charge < -0.3 is 9.30 Å². The Balaban J connectivity index is 2.33. The largest absolute Gasteiger partial charge is 0.381 e. The van der Waals surface area contributed by atoms with Gasteiger partial charge in [0.2, 0.25) is 0 Å². The molecular formula is C8H14N4O3S. The Morgan fingerprint density at radius 2 is 2.25 bits per heavy atom. The highest BCUT2D eigenvalue weighted by Crippen LogP contribution is 2.24. The predicted octanol–water partition coefficient (Wildman–Crippen LogP) is -0.643. The topological polar surface area (TPSA) is 100 Å². The van der Waals surface area contributed by atoms with E-state index in [1.807, 2.05) is 0 Å². The summed E-state index contributed by atoms with van der Waals surface area (Å²) in [7, 11) is -2.20. The van der Waals surface area contributed by atoms with Gasteiger partial charge in [-0.1, -0.05) is 0 Å². The van der Waals surface area contributed by atoms with Crippen LogP contribution >= 0.6 is 0 Å². The number of nitrogens with zero attached hydrogens (tertiary/aromatic N) is 3. The van der Waals surface area contributed by atoms with Gasteiger partial charge in [0, 0.05) is 19.6 Å². The first-order chi connectivity index (χ1) is 7.50. The first-order valence-corrected chi connectivity index (χ1v) is 6.54. The molecule has 2 rings (SSSR count). The summed E-state index contributed by atoms with van der Waals surface area (Å²) >= 11 is 0. The van der Waals surface area contributed by atoms with Crippen LogP contribution in [0.1, 0.15) is 24.6 Å². The SMILES string of the molecule is Cn1c(C2CCCOC2)nnc1S(N)(=O)=O. The fourth-order valence-corrected chi connectivity index (χ4v) is 2.50. The van der Waals surface area contributed by atoms with Crippen molar-refractivity contribution in [2.24, 2.45) is 12.2 Å². The number of sulfonamides is 1. The van der Waals surface area contributed by atoms with E-state index in [9.17, 15) is 8.42 Å². The van der Waals surface area contributed by atoms with Crippen LogP contribution in [0.25, 0.3) is 0 Å². The minimum atomic E-state index is -3.80. The molecule has 1 fully saturated rings. The highest BCUT2D eigenvalue weighted by atomic mass is 32.2. The van der Waals surface area contributed by atoms with Crippen molar-refractivity contribution in [3.05, 3.63) is 5.82 Å². The van der Waals surface area contributed by atoms with Crippen molar-refractivity contribution in [1.82, 2.24) is 14.8 Å². The summed E-state index contributed by atoms with van der Waals surface area (Å²) in [6.07, 6.45) is 1.87. The van der Waals surface area contributed by atoms with Gasteiger partial charge >= 0.3 is 0 Å². The van der Waals surface area contributed by atoms with Gasteiger partial charge in [0.1, 0.15) is 5.82 Å². The molecule has 0 aromatic carbocycles. The molecule has 2 N–H and O–H groups in total. The van der Waals surface area contributed by atoms with E-state index in [0.29, 0.717) is 12.4 Å². The number of ether oxygens (including phenoxy) is 1. The molecule has 1 unspecified atom stereocenters. The summed E-state index contributed by atoms with van der Waals surface area (Å²) in [5, 5.41) is 12.3. The van der Waals surface area contributed by atoms with Crippen LogP contribution in [0.2, 0.25) is 0 Å². The van der Waals surface area contributed by atoms with Crippen molar-refractivity contribution in [1.29, 1.82) is 0 Å². The smallest absolute Gasteiger partial charge is 0.273 e. The van der Waals surface area contributed by atoms with Crippen LogP contribution in [0.15, 0.2) is 5.16 Å². The Hall–Kier alpha value is -0.990. The Bertz CT molecular complexity index is 475. The van der Waals surface area contributed by atoms with Crippen molar-refractivity contribution in [2.75, 3.05) is 13.2 Å². The third kappa shape index (κ3) is 2.08. The Labute approximate surface area is 93.7 Å². The molecule has 1 atom stereocenters. The lowest BCUT2D eigenvalue weighted by molar-refractivity contribution is 0.0770. The molecule has 1 aliphatic heterocycles. The number of nitrogens with two attached hydrogens (primary N) is 1. The highest BCUT2D eigenvalue weighted by Gasteiger charge is 2.25.